The summed E-state index contributed by atoms with van der Waals surface area (Å²) < 4.78 is 17.7. The van der Waals surface area contributed by atoms with Crippen LogP contribution in [0.25, 0.3) is 22.4 Å². The summed E-state index contributed by atoms with van der Waals surface area (Å²) in [6.07, 6.45) is 4.58. The fourth-order valence-corrected chi connectivity index (χ4v) is 3.57. The van der Waals surface area contributed by atoms with E-state index in [-0.39, 0.29) is 5.02 Å². The number of nitrogens with zero attached hydrogens (tertiary/aromatic N) is 4. The molecule has 0 saturated carbocycles. The van der Waals surface area contributed by atoms with Crippen LogP contribution in [0, 0.1) is 5.82 Å². The standard InChI is InChI=1S/C20H17Cl2FN4/c1-2-8-27-18-11-14(21)4-6-17(18)25-19(27)12-26-9-7-24-20(26)13-3-5-16(23)15(22)10-13/h3-7,9-11H,2,8,12H2,1H3. The lowest BCUT2D eigenvalue weighted by molar-refractivity contribution is 0.625. The quantitative estimate of drug-likeness (QED) is 0.422. The summed E-state index contributed by atoms with van der Waals surface area (Å²) in [5, 5.41) is 0.769. The van der Waals surface area contributed by atoms with Gasteiger partial charge in [0.25, 0.3) is 0 Å². The van der Waals surface area contributed by atoms with E-state index in [9.17, 15) is 4.39 Å². The molecule has 0 atom stereocenters. The molecule has 0 unspecified atom stereocenters. The van der Waals surface area contributed by atoms with Crippen molar-refractivity contribution >= 4 is 34.2 Å². The molecule has 2 aromatic carbocycles. The van der Waals surface area contributed by atoms with Crippen LogP contribution in [0.1, 0.15) is 19.2 Å². The fraction of sp³-hybridized carbons (Fsp3) is 0.200. The highest BCUT2D eigenvalue weighted by Gasteiger charge is 2.14. The van der Waals surface area contributed by atoms with Crippen molar-refractivity contribution in [2.45, 2.75) is 26.4 Å². The maximum Gasteiger partial charge on any atom is 0.141 e. The highest BCUT2D eigenvalue weighted by molar-refractivity contribution is 6.31. The maximum absolute atomic E-state index is 13.5. The molecule has 0 aliphatic heterocycles. The van der Waals surface area contributed by atoms with Crippen LogP contribution >= 0.6 is 23.2 Å². The van der Waals surface area contributed by atoms with Gasteiger partial charge >= 0.3 is 0 Å². The molecule has 0 aliphatic rings. The van der Waals surface area contributed by atoms with E-state index >= 15 is 0 Å². The zero-order chi connectivity index (χ0) is 19.0. The van der Waals surface area contributed by atoms with Gasteiger partial charge in [0.05, 0.1) is 22.6 Å². The molecule has 4 rings (SSSR count). The normalized spacial score (nSPS) is 11.4. The number of imidazole rings is 2. The molecule has 0 fully saturated rings. The molecule has 0 spiro atoms. The minimum atomic E-state index is -0.444. The Labute approximate surface area is 166 Å². The second-order valence-electron chi connectivity index (χ2n) is 6.32. The average Bonchev–Trinajstić information content (AvgIpc) is 3.23. The van der Waals surface area contributed by atoms with E-state index < -0.39 is 5.82 Å². The molecule has 4 nitrogen and oxygen atoms in total. The van der Waals surface area contributed by atoms with Gasteiger partial charge in [0, 0.05) is 29.5 Å². The molecule has 0 saturated heterocycles. The smallest absolute Gasteiger partial charge is 0.141 e. The van der Waals surface area contributed by atoms with Crippen LogP contribution in [0.15, 0.2) is 48.8 Å². The number of aromatic nitrogens is 4. The second kappa shape index (κ2) is 7.33. The van der Waals surface area contributed by atoms with Crippen molar-refractivity contribution in [3.8, 4) is 11.4 Å². The van der Waals surface area contributed by atoms with E-state index in [2.05, 4.69) is 16.5 Å². The van der Waals surface area contributed by atoms with E-state index in [0.717, 1.165) is 35.4 Å². The highest BCUT2D eigenvalue weighted by atomic mass is 35.5. The summed E-state index contributed by atoms with van der Waals surface area (Å²) in [5.41, 5.74) is 2.69. The minimum absolute atomic E-state index is 0.0786. The largest absolute Gasteiger partial charge is 0.326 e. The Hall–Kier alpha value is -2.37. The van der Waals surface area contributed by atoms with E-state index in [1.807, 2.05) is 29.0 Å². The Morgan fingerprint density at radius 2 is 1.96 bits per heavy atom. The molecule has 2 heterocycles. The van der Waals surface area contributed by atoms with Crippen molar-refractivity contribution < 1.29 is 4.39 Å². The zero-order valence-electron chi connectivity index (χ0n) is 14.7. The minimum Gasteiger partial charge on any atom is -0.326 e. The third-order valence-electron chi connectivity index (χ3n) is 4.44. The Balaban J connectivity index is 1.76. The predicted octanol–water partition coefficient (Wildman–Crippen LogP) is 5.80. The summed E-state index contributed by atoms with van der Waals surface area (Å²) in [6, 6.07) is 10.3. The molecule has 27 heavy (non-hydrogen) atoms. The molecule has 7 heteroatoms. The van der Waals surface area contributed by atoms with Crippen LogP contribution in [-0.2, 0) is 13.1 Å². The Kier molecular flexibility index (Phi) is 4.89. The van der Waals surface area contributed by atoms with E-state index in [0.29, 0.717) is 17.4 Å². The molecule has 138 valence electrons. The van der Waals surface area contributed by atoms with Crippen LogP contribution in [0.4, 0.5) is 4.39 Å². The predicted molar refractivity (Wildman–Crippen MR) is 107 cm³/mol. The van der Waals surface area contributed by atoms with E-state index in [1.165, 1.54) is 6.07 Å². The summed E-state index contributed by atoms with van der Waals surface area (Å²) in [4.78, 5) is 9.20. The van der Waals surface area contributed by atoms with Gasteiger partial charge in [-0.3, -0.25) is 0 Å². The highest BCUT2D eigenvalue weighted by Crippen LogP contribution is 2.26. The number of hydrogen-bond donors (Lipinski definition) is 0. The van der Waals surface area contributed by atoms with Gasteiger partial charge in [0.2, 0.25) is 0 Å². The van der Waals surface area contributed by atoms with Crippen molar-refractivity contribution in [3.05, 3.63) is 70.5 Å². The van der Waals surface area contributed by atoms with Gasteiger partial charge < -0.3 is 9.13 Å². The topological polar surface area (TPSA) is 35.6 Å². The molecule has 0 N–H and O–H groups in total. The number of halogens is 3. The number of benzene rings is 2. The molecule has 0 radical (unpaired) electrons. The lowest BCUT2D eigenvalue weighted by Gasteiger charge is -2.11. The van der Waals surface area contributed by atoms with Gasteiger partial charge in [0.15, 0.2) is 0 Å². The second-order valence-corrected chi connectivity index (χ2v) is 7.16. The van der Waals surface area contributed by atoms with Gasteiger partial charge in [-0.1, -0.05) is 30.1 Å². The maximum atomic E-state index is 13.5. The first-order valence-electron chi connectivity index (χ1n) is 8.68. The summed E-state index contributed by atoms with van der Waals surface area (Å²) in [7, 11) is 0. The molecule has 0 aliphatic carbocycles. The van der Waals surface area contributed by atoms with Crippen molar-refractivity contribution in [2.24, 2.45) is 0 Å². The van der Waals surface area contributed by atoms with Gasteiger partial charge in [-0.15, -0.1) is 0 Å². The van der Waals surface area contributed by atoms with Crippen molar-refractivity contribution in [1.82, 2.24) is 19.1 Å². The van der Waals surface area contributed by atoms with Crippen LogP contribution in [0.2, 0.25) is 10.0 Å². The van der Waals surface area contributed by atoms with Gasteiger partial charge in [0.1, 0.15) is 17.5 Å². The molecular formula is C20H17Cl2FN4. The third kappa shape index (κ3) is 3.45. The first-order valence-corrected chi connectivity index (χ1v) is 9.43. The van der Waals surface area contributed by atoms with Crippen LogP contribution in [0.5, 0.6) is 0 Å². The third-order valence-corrected chi connectivity index (χ3v) is 4.97. The number of aryl methyl sites for hydroxylation is 1. The Morgan fingerprint density at radius 1 is 1.11 bits per heavy atom. The van der Waals surface area contributed by atoms with E-state index in [1.54, 1.807) is 18.3 Å². The first-order chi connectivity index (χ1) is 13.1. The summed E-state index contributed by atoms with van der Waals surface area (Å²) in [6.45, 7) is 3.51. The lowest BCUT2D eigenvalue weighted by Crippen LogP contribution is -2.09. The number of hydrogen-bond acceptors (Lipinski definition) is 2. The summed E-state index contributed by atoms with van der Waals surface area (Å²) >= 11 is 12.1. The van der Waals surface area contributed by atoms with Crippen molar-refractivity contribution in [3.63, 3.8) is 0 Å². The van der Waals surface area contributed by atoms with Crippen molar-refractivity contribution in [2.75, 3.05) is 0 Å². The number of rotatable bonds is 5. The number of fused-ring (bicyclic) bond motifs is 1. The SMILES string of the molecule is CCCn1c(Cn2ccnc2-c2ccc(F)c(Cl)c2)nc2ccc(Cl)cc21. The zero-order valence-corrected chi connectivity index (χ0v) is 16.2. The molecular weight excluding hydrogens is 386 g/mol. The van der Waals surface area contributed by atoms with Crippen LogP contribution in [-0.4, -0.2) is 19.1 Å². The molecule has 4 aromatic rings. The van der Waals surface area contributed by atoms with Crippen LogP contribution in [0.3, 0.4) is 0 Å². The van der Waals surface area contributed by atoms with Gasteiger partial charge in [-0.05, 0) is 42.8 Å². The molecule has 2 aromatic heterocycles. The summed E-state index contributed by atoms with van der Waals surface area (Å²) in [5.74, 6) is 1.19. The van der Waals surface area contributed by atoms with Crippen molar-refractivity contribution in [1.29, 1.82) is 0 Å². The van der Waals surface area contributed by atoms with Gasteiger partial charge in [-0.2, -0.15) is 0 Å². The van der Waals surface area contributed by atoms with Crippen LogP contribution < -0.4 is 0 Å². The molecule has 0 amide bonds. The fourth-order valence-electron chi connectivity index (χ4n) is 3.22. The molecule has 0 bridgehead atoms. The Bertz CT molecular complexity index is 1120. The average molecular weight is 403 g/mol. The van der Waals surface area contributed by atoms with E-state index in [4.69, 9.17) is 28.2 Å². The van der Waals surface area contributed by atoms with Gasteiger partial charge in [-0.25, -0.2) is 14.4 Å². The monoisotopic (exact) mass is 402 g/mol. The lowest BCUT2D eigenvalue weighted by atomic mass is 10.2. The Morgan fingerprint density at radius 3 is 2.74 bits per heavy atom. The first kappa shape index (κ1) is 18.0.